The average Bonchev–Trinajstić information content (AvgIpc) is 3.30. The molecule has 34 heavy (non-hydrogen) atoms. The van der Waals surface area contributed by atoms with Gasteiger partial charge in [0.05, 0.1) is 10.3 Å². The number of aliphatic hydroxyl groups is 1. The fraction of sp³-hybridized carbons (Fsp3) is 0.462. The monoisotopic (exact) mass is 480 g/mol. The van der Waals surface area contributed by atoms with Gasteiger partial charge < -0.3 is 15.5 Å². The highest BCUT2D eigenvalue weighted by Gasteiger charge is 2.51. The molecule has 1 aromatic carbocycles. The molecule has 0 saturated heterocycles. The molecule has 1 aliphatic rings. The number of nitrogens with one attached hydrogen (secondary N) is 1. The molecule has 3 aromatic rings. The molecule has 0 radical (unpaired) electrons. The lowest BCUT2D eigenvalue weighted by Crippen LogP contribution is -2.46. The quantitative estimate of drug-likeness (QED) is 0.398. The number of nitrogens with zero attached hydrogens (tertiary/aromatic N) is 3. The van der Waals surface area contributed by atoms with E-state index in [1.807, 2.05) is 39.0 Å². The Hall–Kier alpha value is -2.84. The van der Waals surface area contributed by atoms with Crippen molar-refractivity contribution in [3.8, 4) is 10.4 Å². The Bertz CT molecular complexity index is 1200. The van der Waals surface area contributed by atoms with Crippen molar-refractivity contribution in [3.05, 3.63) is 52.9 Å². The molecule has 3 atom stereocenters. The molecule has 2 aromatic heterocycles. The van der Waals surface area contributed by atoms with Gasteiger partial charge in [-0.1, -0.05) is 26.8 Å². The lowest BCUT2D eigenvalue weighted by molar-refractivity contribution is -0.162. The highest BCUT2D eigenvalue weighted by atomic mass is 32.1. The maximum atomic E-state index is 12.0. The Morgan fingerprint density at radius 1 is 1.24 bits per heavy atom. The summed E-state index contributed by atoms with van der Waals surface area (Å²) in [7, 11) is 0. The van der Waals surface area contributed by atoms with E-state index in [-0.39, 0.29) is 5.92 Å². The number of anilines is 2. The normalized spacial score (nSPS) is 24.7. The van der Waals surface area contributed by atoms with Crippen molar-refractivity contribution >= 4 is 28.9 Å². The van der Waals surface area contributed by atoms with Crippen LogP contribution in [-0.4, -0.2) is 31.1 Å². The molecule has 0 aliphatic heterocycles. The lowest BCUT2D eigenvalue weighted by atomic mass is 9.61. The third kappa shape index (κ3) is 4.57. The molecule has 7 nitrogen and oxygen atoms in total. The van der Waals surface area contributed by atoms with Gasteiger partial charge in [-0.25, -0.2) is 15.0 Å². The fourth-order valence-corrected chi connectivity index (χ4v) is 6.10. The molecule has 8 heteroatoms. The number of aliphatic carboxylic acids is 1. The molecular formula is C26H32N4O3S. The van der Waals surface area contributed by atoms with Crippen LogP contribution in [-0.2, 0) is 16.8 Å². The standard InChI is InChI=1S/C26H32N4O3S/c1-5-19-7-10-27-24(29-19)30-20-12-16(3)11-18(13-20)21-15-28-22(34-21)26(33)9-8-25(6-2,23(31)32)17(4)14-26/h7,10-13,15,17,33H,5-6,8-9,14H2,1-4H3,(H,31,32)(H,27,29,30)/t17-,25+,26-/m1/s1. The molecule has 4 rings (SSSR count). The van der Waals surface area contributed by atoms with Crippen LogP contribution in [0.25, 0.3) is 10.4 Å². The van der Waals surface area contributed by atoms with Crippen LogP contribution in [0.1, 0.15) is 62.7 Å². The van der Waals surface area contributed by atoms with Gasteiger partial charge in [-0.05, 0) is 74.3 Å². The van der Waals surface area contributed by atoms with E-state index in [1.165, 1.54) is 11.3 Å². The summed E-state index contributed by atoms with van der Waals surface area (Å²) in [6, 6.07) is 8.07. The summed E-state index contributed by atoms with van der Waals surface area (Å²) in [4.78, 5) is 26.4. The SMILES string of the molecule is CCc1ccnc(Nc2cc(C)cc(-c3cnc([C@@]4(O)CC[C@](CC)(C(=O)O)[C@H](C)C4)s3)c2)n1. The van der Waals surface area contributed by atoms with Crippen molar-refractivity contribution in [1.82, 2.24) is 15.0 Å². The second-order valence-corrected chi connectivity index (χ2v) is 10.4. The summed E-state index contributed by atoms with van der Waals surface area (Å²) in [5, 5.41) is 25.2. The molecule has 0 bridgehead atoms. The fourth-order valence-electron chi connectivity index (χ4n) is 5.07. The third-order valence-corrected chi connectivity index (χ3v) is 8.47. The molecule has 0 amide bonds. The van der Waals surface area contributed by atoms with Crippen molar-refractivity contribution in [2.24, 2.45) is 11.3 Å². The van der Waals surface area contributed by atoms with Crippen LogP contribution in [0.3, 0.4) is 0 Å². The zero-order valence-electron chi connectivity index (χ0n) is 20.1. The van der Waals surface area contributed by atoms with E-state index in [4.69, 9.17) is 0 Å². The second-order valence-electron chi connectivity index (χ2n) is 9.42. The van der Waals surface area contributed by atoms with Gasteiger partial charge in [0.15, 0.2) is 0 Å². The summed E-state index contributed by atoms with van der Waals surface area (Å²) < 4.78 is 0. The number of thiazole rings is 1. The lowest BCUT2D eigenvalue weighted by Gasteiger charge is -2.45. The number of carbonyl (C=O) groups is 1. The molecule has 0 spiro atoms. The number of benzene rings is 1. The van der Waals surface area contributed by atoms with Crippen molar-refractivity contribution in [2.75, 3.05) is 5.32 Å². The Labute approximate surface area is 204 Å². The van der Waals surface area contributed by atoms with E-state index in [0.29, 0.717) is 36.6 Å². The number of aryl methyl sites for hydroxylation is 2. The minimum absolute atomic E-state index is 0.144. The topological polar surface area (TPSA) is 108 Å². The van der Waals surface area contributed by atoms with Gasteiger partial charge in [0.25, 0.3) is 0 Å². The van der Waals surface area contributed by atoms with E-state index >= 15 is 0 Å². The molecule has 1 fully saturated rings. The van der Waals surface area contributed by atoms with E-state index in [9.17, 15) is 15.0 Å². The minimum atomic E-state index is -1.10. The predicted molar refractivity (Wildman–Crippen MR) is 134 cm³/mol. The highest BCUT2D eigenvalue weighted by molar-refractivity contribution is 7.15. The van der Waals surface area contributed by atoms with Crippen LogP contribution in [0.4, 0.5) is 11.6 Å². The number of hydrogen-bond acceptors (Lipinski definition) is 7. The zero-order chi connectivity index (χ0) is 24.5. The van der Waals surface area contributed by atoms with Gasteiger partial charge in [0, 0.05) is 23.8 Å². The number of rotatable bonds is 7. The molecule has 180 valence electrons. The van der Waals surface area contributed by atoms with Gasteiger partial charge in [-0.3, -0.25) is 4.79 Å². The largest absolute Gasteiger partial charge is 0.481 e. The van der Waals surface area contributed by atoms with Crippen molar-refractivity contribution in [1.29, 1.82) is 0 Å². The number of carboxylic acid groups (broad SMARTS) is 1. The molecule has 2 heterocycles. The van der Waals surface area contributed by atoms with Crippen LogP contribution in [0.15, 0.2) is 36.7 Å². The average molecular weight is 481 g/mol. The van der Waals surface area contributed by atoms with E-state index in [0.717, 1.165) is 33.8 Å². The van der Waals surface area contributed by atoms with Gasteiger partial charge >= 0.3 is 5.97 Å². The number of carboxylic acids is 1. The van der Waals surface area contributed by atoms with E-state index in [1.54, 1.807) is 12.4 Å². The molecule has 1 aliphatic carbocycles. The number of hydrogen-bond donors (Lipinski definition) is 3. The Morgan fingerprint density at radius 3 is 2.71 bits per heavy atom. The first-order chi connectivity index (χ1) is 16.2. The van der Waals surface area contributed by atoms with Crippen molar-refractivity contribution < 1.29 is 15.0 Å². The summed E-state index contributed by atoms with van der Waals surface area (Å²) in [6.07, 6.45) is 6.20. The van der Waals surface area contributed by atoms with Crippen molar-refractivity contribution in [3.63, 3.8) is 0 Å². The molecule has 0 unspecified atom stereocenters. The smallest absolute Gasteiger partial charge is 0.309 e. The zero-order valence-corrected chi connectivity index (χ0v) is 20.9. The van der Waals surface area contributed by atoms with Gasteiger partial charge in [-0.2, -0.15) is 0 Å². The second kappa shape index (κ2) is 9.43. The summed E-state index contributed by atoms with van der Waals surface area (Å²) in [6.45, 7) is 7.95. The molecule has 1 saturated carbocycles. The summed E-state index contributed by atoms with van der Waals surface area (Å²) in [5.74, 6) is -0.350. The summed E-state index contributed by atoms with van der Waals surface area (Å²) >= 11 is 1.47. The van der Waals surface area contributed by atoms with E-state index < -0.39 is 17.0 Å². The van der Waals surface area contributed by atoms with E-state index in [2.05, 4.69) is 33.3 Å². The van der Waals surface area contributed by atoms with Gasteiger partial charge in [0.1, 0.15) is 10.6 Å². The van der Waals surface area contributed by atoms with Crippen LogP contribution in [0, 0.1) is 18.3 Å². The minimum Gasteiger partial charge on any atom is -0.481 e. The maximum absolute atomic E-state index is 12.0. The Kier molecular flexibility index (Phi) is 6.73. The Balaban J connectivity index is 1.58. The highest BCUT2D eigenvalue weighted by Crippen LogP contribution is 2.52. The van der Waals surface area contributed by atoms with Gasteiger partial charge in [-0.15, -0.1) is 11.3 Å². The van der Waals surface area contributed by atoms with Crippen LogP contribution >= 0.6 is 11.3 Å². The molecule has 3 N–H and O–H groups in total. The molecular weight excluding hydrogens is 448 g/mol. The first-order valence-corrected chi connectivity index (χ1v) is 12.6. The first kappa shape index (κ1) is 24.3. The first-order valence-electron chi connectivity index (χ1n) is 11.8. The predicted octanol–water partition coefficient (Wildman–Crippen LogP) is 5.70. The van der Waals surface area contributed by atoms with Crippen LogP contribution in [0.5, 0.6) is 0 Å². The Morgan fingerprint density at radius 2 is 2.03 bits per heavy atom. The maximum Gasteiger partial charge on any atom is 0.309 e. The van der Waals surface area contributed by atoms with Crippen LogP contribution in [0.2, 0.25) is 0 Å². The van der Waals surface area contributed by atoms with Crippen molar-refractivity contribution in [2.45, 2.75) is 65.4 Å². The van der Waals surface area contributed by atoms with Gasteiger partial charge in [0.2, 0.25) is 5.95 Å². The third-order valence-electron chi connectivity index (χ3n) is 7.23. The van der Waals surface area contributed by atoms with Crippen LogP contribution < -0.4 is 5.32 Å². The number of aromatic nitrogens is 3. The summed E-state index contributed by atoms with van der Waals surface area (Å²) in [5.41, 5.74) is 2.07.